The second kappa shape index (κ2) is 9.31. The van der Waals surface area contributed by atoms with E-state index in [0.717, 1.165) is 50.4 Å². The second-order valence-corrected chi connectivity index (χ2v) is 8.29. The van der Waals surface area contributed by atoms with Gasteiger partial charge in [-0.25, -0.2) is 4.98 Å². The number of H-pyrrole nitrogens is 1. The fourth-order valence-corrected chi connectivity index (χ4v) is 3.79. The zero-order valence-corrected chi connectivity index (χ0v) is 18.9. The average Bonchev–Trinajstić information content (AvgIpc) is 3.28. The molecule has 162 valence electrons. The van der Waals surface area contributed by atoms with Gasteiger partial charge in [-0.05, 0) is 66.6 Å². The van der Waals surface area contributed by atoms with Crippen LogP contribution in [0.3, 0.4) is 0 Å². The van der Waals surface area contributed by atoms with Crippen molar-refractivity contribution >= 4 is 34.2 Å². The predicted octanol–water partition coefficient (Wildman–Crippen LogP) is 7.09. The number of para-hydroxylation sites is 1. The van der Waals surface area contributed by atoms with Gasteiger partial charge in [-0.15, -0.1) is 0 Å². The third-order valence-corrected chi connectivity index (χ3v) is 5.62. The summed E-state index contributed by atoms with van der Waals surface area (Å²) in [7, 11) is 0. The van der Waals surface area contributed by atoms with E-state index in [2.05, 4.69) is 45.5 Å². The fourth-order valence-electron chi connectivity index (χ4n) is 3.66. The Morgan fingerprint density at radius 3 is 2.48 bits per heavy atom. The summed E-state index contributed by atoms with van der Waals surface area (Å²) in [5, 5.41) is 9.34. The molecule has 4 nitrogen and oxygen atoms in total. The van der Waals surface area contributed by atoms with Crippen molar-refractivity contribution in [2.75, 3.05) is 0 Å². The summed E-state index contributed by atoms with van der Waals surface area (Å²) in [6.45, 7) is 2.41. The third kappa shape index (κ3) is 4.97. The summed E-state index contributed by atoms with van der Waals surface area (Å²) in [6.07, 6.45) is 2.11. The monoisotopic (exact) mass is 451 g/mol. The van der Waals surface area contributed by atoms with E-state index in [4.69, 9.17) is 16.3 Å². The zero-order chi connectivity index (χ0) is 22.6. The van der Waals surface area contributed by atoms with Gasteiger partial charge in [-0.3, -0.25) is 5.10 Å². The molecule has 0 aliphatic carbocycles. The topological polar surface area (TPSA) is 50.8 Å². The molecule has 5 heteroatoms. The van der Waals surface area contributed by atoms with Crippen LogP contribution < -0.4 is 4.74 Å². The third-order valence-electron chi connectivity index (χ3n) is 5.37. The summed E-state index contributed by atoms with van der Waals surface area (Å²) in [4.78, 5) is 4.68. The highest BCUT2D eigenvalue weighted by molar-refractivity contribution is 6.30. The summed E-state index contributed by atoms with van der Waals surface area (Å²) < 4.78 is 6.00. The van der Waals surface area contributed by atoms with Gasteiger partial charge in [0.25, 0.3) is 0 Å². The summed E-state index contributed by atoms with van der Waals surface area (Å²) >= 11 is 6.05. The Balaban J connectivity index is 1.37. The van der Waals surface area contributed by atoms with Gasteiger partial charge < -0.3 is 4.74 Å². The molecule has 3 aromatic carbocycles. The number of benzene rings is 3. The number of rotatable bonds is 6. The van der Waals surface area contributed by atoms with Crippen LogP contribution >= 0.6 is 11.6 Å². The molecule has 0 aliphatic heterocycles. The lowest BCUT2D eigenvalue weighted by Crippen LogP contribution is -1.98. The predicted molar refractivity (Wildman–Crippen MR) is 134 cm³/mol. The molecule has 0 saturated heterocycles. The van der Waals surface area contributed by atoms with Crippen molar-refractivity contribution in [2.24, 2.45) is 0 Å². The maximum atomic E-state index is 6.05. The summed E-state index contributed by atoms with van der Waals surface area (Å²) in [5.74, 6) is 0.790. The van der Waals surface area contributed by atoms with E-state index in [0.29, 0.717) is 11.6 Å². The molecule has 0 radical (unpaired) electrons. The van der Waals surface area contributed by atoms with Crippen LogP contribution in [0, 0.1) is 6.92 Å². The van der Waals surface area contributed by atoms with Gasteiger partial charge in [0.05, 0.1) is 16.9 Å². The van der Waals surface area contributed by atoms with Crippen LogP contribution in [-0.4, -0.2) is 15.2 Å². The Bertz CT molecular complexity index is 1420. The van der Waals surface area contributed by atoms with Crippen LogP contribution in [-0.2, 0) is 6.61 Å². The highest BCUT2D eigenvalue weighted by Crippen LogP contribution is 2.27. The molecule has 5 rings (SSSR count). The van der Waals surface area contributed by atoms with E-state index in [1.807, 2.05) is 73.7 Å². The molecule has 0 unspecified atom stereocenters. The van der Waals surface area contributed by atoms with Crippen molar-refractivity contribution in [1.29, 1.82) is 0 Å². The Kier molecular flexibility index (Phi) is 5.92. The number of aromatic amines is 1. The normalized spacial score (nSPS) is 11.6. The SMILES string of the molecule is Cc1cc(C(=Cc2ccc(Cl)cc2)c2ccc(OCc3ccc4ccccc4n3)cc2)n[nH]1. The number of ether oxygens (including phenoxy) is 1. The number of fused-ring (bicyclic) bond motifs is 1. The number of halogens is 1. The molecule has 33 heavy (non-hydrogen) atoms. The van der Waals surface area contributed by atoms with Crippen molar-refractivity contribution in [3.05, 3.63) is 124 Å². The van der Waals surface area contributed by atoms with Crippen LogP contribution in [0.5, 0.6) is 5.75 Å². The van der Waals surface area contributed by atoms with Crippen LogP contribution in [0.25, 0.3) is 22.6 Å². The van der Waals surface area contributed by atoms with Gasteiger partial charge in [0.1, 0.15) is 12.4 Å². The number of nitrogens with one attached hydrogen (secondary N) is 1. The van der Waals surface area contributed by atoms with Crippen molar-refractivity contribution in [3.63, 3.8) is 0 Å². The lowest BCUT2D eigenvalue weighted by Gasteiger charge is -2.09. The maximum Gasteiger partial charge on any atom is 0.130 e. The van der Waals surface area contributed by atoms with Gasteiger partial charge in [0.2, 0.25) is 0 Å². The molecular formula is C28H22ClN3O. The minimum Gasteiger partial charge on any atom is -0.487 e. The number of nitrogens with zero attached hydrogens (tertiary/aromatic N) is 2. The largest absolute Gasteiger partial charge is 0.487 e. The minimum absolute atomic E-state index is 0.413. The molecule has 0 fully saturated rings. The van der Waals surface area contributed by atoms with E-state index < -0.39 is 0 Å². The molecular weight excluding hydrogens is 430 g/mol. The van der Waals surface area contributed by atoms with Crippen LogP contribution in [0.1, 0.15) is 28.2 Å². The van der Waals surface area contributed by atoms with E-state index in [1.165, 1.54) is 0 Å². The molecule has 2 heterocycles. The van der Waals surface area contributed by atoms with E-state index in [9.17, 15) is 0 Å². The lowest BCUT2D eigenvalue weighted by atomic mass is 9.99. The van der Waals surface area contributed by atoms with E-state index in [-0.39, 0.29) is 0 Å². The highest BCUT2D eigenvalue weighted by Gasteiger charge is 2.10. The van der Waals surface area contributed by atoms with Crippen molar-refractivity contribution < 1.29 is 4.74 Å². The highest BCUT2D eigenvalue weighted by atomic mass is 35.5. The number of pyridine rings is 1. The standard InChI is InChI=1S/C28H22ClN3O/c1-19-16-28(32-31-19)26(17-20-6-11-23(29)12-7-20)21-9-14-25(15-10-21)33-18-24-13-8-22-4-2-3-5-27(22)30-24/h2-17H,18H2,1H3,(H,31,32). The average molecular weight is 452 g/mol. The summed E-state index contributed by atoms with van der Waals surface area (Å²) in [6, 6.07) is 30.0. The van der Waals surface area contributed by atoms with Crippen molar-refractivity contribution in [2.45, 2.75) is 13.5 Å². The first-order valence-corrected chi connectivity index (χ1v) is 11.1. The first-order chi connectivity index (χ1) is 16.1. The smallest absolute Gasteiger partial charge is 0.130 e. The van der Waals surface area contributed by atoms with Crippen molar-refractivity contribution in [3.8, 4) is 5.75 Å². The van der Waals surface area contributed by atoms with Crippen LogP contribution in [0.2, 0.25) is 5.02 Å². The molecule has 0 saturated carbocycles. The van der Waals surface area contributed by atoms with Gasteiger partial charge in [-0.1, -0.05) is 60.1 Å². The first kappa shape index (κ1) is 21.0. The molecule has 5 aromatic rings. The quantitative estimate of drug-likeness (QED) is 0.280. The Morgan fingerprint density at radius 1 is 0.939 bits per heavy atom. The van der Waals surface area contributed by atoms with Gasteiger partial charge >= 0.3 is 0 Å². The van der Waals surface area contributed by atoms with Gasteiger partial charge in [0, 0.05) is 21.7 Å². The van der Waals surface area contributed by atoms with Crippen molar-refractivity contribution in [1.82, 2.24) is 15.2 Å². The van der Waals surface area contributed by atoms with E-state index in [1.54, 1.807) is 0 Å². The molecule has 0 amide bonds. The van der Waals surface area contributed by atoms with Crippen LogP contribution in [0.15, 0.2) is 91.0 Å². The number of aryl methyl sites for hydroxylation is 1. The molecule has 1 N–H and O–H groups in total. The Hall–Kier alpha value is -3.89. The van der Waals surface area contributed by atoms with Gasteiger partial charge in [0.15, 0.2) is 0 Å². The Morgan fingerprint density at radius 2 is 1.73 bits per heavy atom. The number of aromatic nitrogens is 3. The minimum atomic E-state index is 0.413. The molecule has 0 aliphatic rings. The number of hydrogen-bond acceptors (Lipinski definition) is 3. The maximum absolute atomic E-state index is 6.05. The molecule has 0 bridgehead atoms. The molecule has 0 spiro atoms. The first-order valence-electron chi connectivity index (χ1n) is 10.7. The second-order valence-electron chi connectivity index (χ2n) is 7.85. The van der Waals surface area contributed by atoms with E-state index >= 15 is 0 Å². The zero-order valence-electron chi connectivity index (χ0n) is 18.1. The van der Waals surface area contributed by atoms with Gasteiger partial charge in [-0.2, -0.15) is 5.10 Å². The fraction of sp³-hybridized carbons (Fsp3) is 0.0714. The lowest BCUT2D eigenvalue weighted by molar-refractivity contribution is 0.302. The molecule has 2 aromatic heterocycles. The molecule has 0 atom stereocenters. The Labute approximate surface area is 197 Å². The van der Waals surface area contributed by atoms with Crippen LogP contribution in [0.4, 0.5) is 0 Å². The number of hydrogen-bond donors (Lipinski definition) is 1. The summed E-state index contributed by atoms with van der Waals surface area (Å²) in [5.41, 5.74) is 6.88.